The first kappa shape index (κ1) is 22.9. The second kappa shape index (κ2) is 9.14. The molecule has 7 nitrogen and oxygen atoms in total. The van der Waals surface area contributed by atoms with E-state index in [1.54, 1.807) is 50.1 Å². The molecule has 1 saturated heterocycles. The molecule has 1 aliphatic heterocycles. The van der Waals surface area contributed by atoms with Crippen molar-refractivity contribution in [3.8, 4) is 5.75 Å². The van der Waals surface area contributed by atoms with Crippen LogP contribution in [0.5, 0.6) is 5.75 Å². The summed E-state index contributed by atoms with van der Waals surface area (Å²) in [6, 6.07) is 8.09. The van der Waals surface area contributed by atoms with Gasteiger partial charge < -0.3 is 19.5 Å². The first-order chi connectivity index (χ1) is 14.6. The molecule has 1 aromatic carbocycles. The number of rotatable bonds is 5. The Morgan fingerprint density at radius 3 is 2.39 bits per heavy atom. The van der Waals surface area contributed by atoms with Crippen molar-refractivity contribution in [2.75, 3.05) is 18.4 Å². The van der Waals surface area contributed by atoms with E-state index in [4.69, 9.17) is 16.3 Å². The summed E-state index contributed by atoms with van der Waals surface area (Å²) in [4.78, 5) is 40.2. The highest BCUT2D eigenvalue weighted by atomic mass is 35.5. The van der Waals surface area contributed by atoms with Crippen LogP contribution in [0.2, 0.25) is 5.02 Å². The molecule has 31 heavy (non-hydrogen) atoms. The normalized spacial score (nSPS) is 14.9. The van der Waals surface area contributed by atoms with Gasteiger partial charge in [0.15, 0.2) is 5.60 Å². The van der Waals surface area contributed by atoms with E-state index in [1.165, 1.54) is 16.8 Å². The molecule has 0 saturated carbocycles. The molecule has 2 heterocycles. The summed E-state index contributed by atoms with van der Waals surface area (Å²) < 4.78 is 7.10. The summed E-state index contributed by atoms with van der Waals surface area (Å²) in [5, 5.41) is 3.19. The molecule has 0 bridgehead atoms. The molecule has 8 heteroatoms. The third kappa shape index (κ3) is 5.47. The average molecular weight is 446 g/mol. The molecule has 0 atom stereocenters. The van der Waals surface area contributed by atoms with E-state index in [-0.39, 0.29) is 11.6 Å². The lowest BCUT2D eigenvalue weighted by Gasteiger charge is -2.30. The number of pyridine rings is 1. The number of hydrogen-bond donors (Lipinski definition) is 1. The molecule has 0 spiro atoms. The number of piperidine rings is 1. The van der Waals surface area contributed by atoms with E-state index >= 15 is 0 Å². The van der Waals surface area contributed by atoms with E-state index in [9.17, 15) is 14.4 Å². The van der Waals surface area contributed by atoms with Gasteiger partial charge in [-0.1, -0.05) is 18.5 Å². The number of ether oxygens (including phenoxy) is 1. The molecule has 0 radical (unpaired) electrons. The lowest BCUT2D eigenvalue weighted by atomic mass is 9.99. The standard InChI is InChI=1S/C23H28ClN3O4/c1-15-9-11-27(12-10-15)20(28)16-13-19(21(29)26(4)14-16)25-22(30)23(2,3)31-18-7-5-17(24)6-8-18/h5-8,13-15H,9-12H2,1-4H3,(H,25,30). The maximum Gasteiger partial charge on any atom is 0.274 e. The van der Waals surface area contributed by atoms with E-state index in [1.807, 2.05) is 0 Å². The van der Waals surface area contributed by atoms with Crippen molar-refractivity contribution in [1.82, 2.24) is 9.47 Å². The monoisotopic (exact) mass is 445 g/mol. The number of carbonyl (C=O) groups excluding carboxylic acids is 2. The Morgan fingerprint density at radius 2 is 1.77 bits per heavy atom. The molecule has 1 aromatic heterocycles. The maximum atomic E-state index is 12.9. The summed E-state index contributed by atoms with van der Waals surface area (Å²) in [7, 11) is 1.56. The molecule has 1 fully saturated rings. The summed E-state index contributed by atoms with van der Waals surface area (Å²) in [6.45, 7) is 6.76. The van der Waals surface area contributed by atoms with Crippen LogP contribution in [0.25, 0.3) is 0 Å². The molecule has 1 N–H and O–H groups in total. The van der Waals surface area contributed by atoms with Crippen LogP contribution in [-0.2, 0) is 11.8 Å². The Balaban J connectivity index is 1.78. The number of nitrogens with zero attached hydrogens (tertiary/aromatic N) is 2. The minimum Gasteiger partial charge on any atom is -0.478 e. The van der Waals surface area contributed by atoms with Crippen molar-refractivity contribution in [2.45, 2.75) is 39.2 Å². The number of nitrogens with one attached hydrogen (secondary N) is 1. The Labute approximate surface area is 187 Å². The Kier molecular flexibility index (Phi) is 6.74. The van der Waals surface area contributed by atoms with Gasteiger partial charge in [0.25, 0.3) is 17.4 Å². The lowest BCUT2D eigenvalue weighted by molar-refractivity contribution is -0.128. The molecule has 0 unspecified atom stereocenters. The Bertz CT molecular complexity index is 1020. The summed E-state index contributed by atoms with van der Waals surface area (Å²) in [6.07, 6.45) is 3.42. The first-order valence-electron chi connectivity index (χ1n) is 10.3. The minimum absolute atomic E-state index is 0.0384. The number of halogens is 1. The number of amides is 2. The zero-order chi connectivity index (χ0) is 22.8. The predicted molar refractivity (Wildman–Crippen MR) is 121 cm³/mol. The molecular weight excluding hydrogens is 418 g/mol. The van der Waals surface area contributed by atoms with E-state index in [0.717, 1.165) is 12.8 Å². The van der Waals surface area contributed by atoms with Gasteiger partial charge in [0.2, 0.25) is 0 Å². The predicted octanol–water partition coefficient (Wildman–Crippen LogP) is 3.71. The number of likely N-dealkylation sites (tertiary alicyclic amines) is 1. The van der Waals surface area contributed by atoms with Gasteiger partial charge >= 0.3 is 0 Å². The van der Waals surface area contributed by atoms with Crippen molar-refractivity contribution in [3.05, 3.63) is 57.5 Å². The second-order valence-electron chi connectivity index (χ2n) is 8.55. The van der Waals surface area contributed by atoms with E-state index < -0.39 is 17.1 Å². The van der Waals surface area contributed by atoms with Crippen LogP contribution in [-0.4, -0.2) is 40.0 Å². The van der Waals surface area contributed by atoms with Crippen molar-refractivity contribution in [1.29, 1.82) is 0 Å². The van der Waals surface area contributed by atoms with Gasteiger partial charge in [-0.15, -0.1) is 0 Å². The Morgan fingerprint density at radius 1 is 1.16 bits per heavy atom. The van der Waals surface area contributed by atoms with Crippen molar-refractivity contribution in [3.63, 3.8) is 0 Å². The largest absolute Gasteiger partial charge is 0.478 e. The van der Waals surface area contributed by atoms with Gasteiger partial charge in [-0.05, 0) is 62.9 Å². The third-order valence-corrected chi connectivity index (χ3v) is 5.73. The molecular formula is C23H28ClN3O4. The number of carbonyl (C=O) groups is 2. The van der Waals surface area contributed by atoms with Crippen molar-refractivity contribution < 1.29 is 14.3 Å². The zero-order valence-electron chi connectivity index (χ0n) is 18.3. The van der Waals surface area contributed by atoms with Crippen LogP contribution in [0.3, 0.4) is 0 Å². The highest BCUT2D eigenvalue weighted by molar-refractivity contribution is 6.30. The fourth-order valence-corrected chi connectivity index (χ4v) is 3.55. The molecule has 1 aliphatic rings. The number of benzene rings is 1. The van der Waals surface area contributed by atoms with Crippen LogP contribution in [0.1, 0.15) is 44.0 Å². The summed E-state index contributed by atoms with van der Waals surface area (Å²) in [5.41, 5.74) is -1.26. The van der Waals surface area contributed by atoms with Gasteiger partial charge in [-0.25, -0.2) is 0 Å². The van der Waals surface area contributed by atoms with Crippen LogP contribution in [0.4, 0.5) is 5.69 Å². The van der Waals surface area contributed by atoms with Crippen molar-refractivity contribution in [2.24, 2.45) is 13.0 Å². The molecule has 2 amide bonds. The summed E-state index contributed by atoms with van der Waals surface area (Å²) >= 11 is 5.89. The highest BCUT2D eigenvalue weighted by Gasteiger charge is 2.31. The van der Waals surface area contributed by atoms with Crippen molar-refractivity contribution >= 4 is 29.1 Å². The van der Waals surface area contributed by atoms with Gasteiger partial charge in [-0.2, -0.15) is 0 Å². The van der Waals surface area contributed by atoms with Gasteiger partial charge in [-0.3, -0.25) is 14.4 Å². The van der Waals surface area contributed by atoms with E-state index in [2.05, 4.69) is 12.2 Å². The third-order valence-electron chi connectivity index (χ3n) is 5.48. The lowest BCUT2D eigenvalue weighted by Crippen LogP contribution is -2.44. The number of anilines is 1. The molecule has 2 aromatic rings. The quantitative estimate of drug-likeness (QED) is 0.760. The maximum absolute atomic E-state index is 12.9. The van der Waals surface area contributed by atoms with Gasteiger partial charge in [0.05, 0.1) is 5.56 Å². The highest BCUT2D eigenvalue weighted by Crippen LogP contribution is 2.22. The fraction of sp³-hybridized carbons (Fsp3) is 0.435. The summed E-state index contributed by atoms with van der Waals surface area (Å²) in [5.74, 6) is 0.424. The SMILES string of the molecule is CC1CCN(C(=O)c2cc(NC(=O)C(C)(C)Oc3ccc(Cl)cc3)c(=O)n(C)c2)CC1. The van der Waals surface area contributed by atoms with E-state index in [0.29, 0.717) is 35.3 Å². The van der Waals surface area contributed by atoms with Gasteiger partial charge in [0, 0.05) is 31.4 Å². The topological polar surface area (TPSA) is 80.6 Å². The Hall–Kier alpha value is -2.80. The second-order valence-corrected chi connectivity index (χ2v) is 8.99. The minimum atomic E-state index is -1.26. The van der Waals surface area contributed by atoms with Crippen LogP contribution in [0, 0.1) is 5.92 Å². The fourth-order valence-electron chi connectivity index (χ4n) is 3.43. The smallest absolute Gasteiger partial charge is 0.274 e. The van der Waals surface area contributed by atoms with Crippen LogP contribution >= 0.6 is 11.6 Å². The number of aryl methyl sites for hydroxylation is 1. The molecule has 3 rings (SSSR count). The molecule has 0 aliphatic carbocycles. The van der Waals surface area contributed by atoms with Crippen LogP contribution in [0.15, 0.2) is 41.3 Å². The zero-order valence-corrected chi connectivity index (χ0v) is 19.0. The first-order valence-corrected chi connectivity index (χ1v) is 10.7. The average Bonchev–Trinajstić information content (AvgIpc) is 2.72. The van der Waals surface area contributed by atoms with Crippen LogP contribution < -0.4 is 15.6 Å². The number of hydrogen-bond acceptors (Lipinski definition) is 4. The molecule has 166 valence electrons. The number of aromatic nitrogens is 1. The van der Waals surface area contributed by atoms with Gasteiger partial charge in [0.1, 0.15) is 11.4 Å².